The molecule has 0 saturated carbocycles. The third kappa shape index (κ3) is 4.06. The van der Waals surface area contributed by atoms with Crippen LogP contribution >= 0.6 is 0 Å². The normalized spacial score (nSPS) is 14.8. The lowest BCUT2D eigenvalue weighted by molar-refractivity contribution is 0.0336. The zero-order valence-corrected chi connectivity index (χ0v) is 13.4. The number of fused-ring (bicyclic) bond motifs is 1. The van der Waals surface area contributed by atoms with Crippen LogP contribution in [-0.4, -0.2) is 42.8 Å². The second kappa shape index (κ2) is 6.60. The highest BCUT2D eigenvalue weighted by molar-refractivity contribution is 5.82. The molecule has 0 radical (unpaired) electrons. The lowest BCUT2D eigenvalue weighted by Crippen LogP contribution is -2.45. The van der Waals surface area contributed by atoms with Crippen molar-refractivity contribution in [2.45, 2.75) is 32.4 Å². The Kier molecular flexibility index (Phi) is 5.04. The molecule has 1 heterocycles. The summed E-state index contributed by atoms with van der Waals surface area (Å²) in [5.41, 5.74) is 1.40. The van der Waals surface area contributed by atoms with Gasteiger partial charge >= 0.3 is 0 Å². The van der Waals surface area contributed by atoms with Crippen molar-refractivity contribution in [2.75, 3.05) is 27.2 Å². The van der Waals surface area contributed by atoms with Gasteiger partial charge in [-0.15, -0.1) is 0 Å². The number of nitrogens with one attached hydrogen (secondary N) is 1. The minimum Gasteiger partial charge on any atom is -0.461 e. The molecule has 1 aromatic heterocycles. The fraction of sp³-hybridized carbons (Fsp3) is 0.529. The summed E-state index contributed by atoms with van der Waals surface area (Å²) in [5, 5.41) is 14.9. The van der Waals surface area contributed by atoms with Crippen LogP contribution in [0, 0.1) is 0 Å². The van der Waals surface area contributed by atoms with E-state index in [1.807, 2.05) is 44.1 Å². The second-order valence-electron chi connectivity index (χ2n) is 6.19. The Balaban J connectivity index is 2.06. The molecule has 1 aromatic carbocycles. The number of hydrogen-bond donors (Lipinski definition) is 2. The van der Waals surface area contributed by atoms with E-state index in [2.05, 4.69) is 18.3 Å². The van der Waals surface area contributed by atoms with Gasteiger partial charge in [-0.3, -0.25) is 0 Å². The van der Waals surface area contributed by atoms with Crippen LogP contribution in [0.3, 0.4) is 0 Å². The van der Waals surface area contributed by atoms with Gasteiger partial charge in [-0.1, -0.05) is 25.1 Å². The van der Waals surface area contributed by atoms with Gasteiger partial charge in [0.1, 0.15) is 11.3 Å². The van der Waals surface area contributed by atoms with Crippen LogP contribution in [0.2, 0.25) is 0 Å². The summed E-state index contributed by atoms with van der Waals surface area (Å²) in [7, 11) is 3.93. The maximum Gasteiger partial charge on any atom is 0.134 e. The van der Waals surface area contributed by atoms with Crippen LogP contribution in [0.15, 0.2) is 28.7 Å². The standard InChI is InChI=1S/C17H26N2O2/c1-5-15-14(13-8-6-7-9-16(13)21-15)10-18-11-17(2,20)12-19(3)4/h6-9,18,20H,5,10-12H2,1-4H3. The van der Waals surface area contributed by atoms with Gasteiger partial charge in [0.25, 0.3) is 0 Å². The maximum atomic E-state index is 10.3. The van der Waals surface area contributed by atoms with Crippen molar-refractivity contribution in [1.82, 2.24) is 10.2 Å². The van der Waals surface area contributed by atoms with Crippen molar-refractivity contribution in [2.24, 2.45) is 0 Å². The number of aryl methyl sites for hydroxylation is 1. The monoisotopic (exact) mass is 290 g/mol. The third-order valence-electron chi connectivity index (χ3n) is 3.57. The van der Waals surface area contributed by atoms with Crippen molar-refractivity contribution in [3.8, 4) is 0 Å². The van der Waals surface area contributed by atoms with E-state index in [-0.39, 0.29) is 0 Å². The fourth-order valence-electron chi connectivity index (χ4n) is 2.82. The summed E-state index contributed by atoms with van der Waals surface area (Å²) >= 11 is 0. The van der Waals surface area contributed by atoms with E-state index >= 15 is 0 Å². The Labute approximate surface area is 126 Å². The van der Waals surface area contributed by atoms with Gasteiger partial charge in [-0.2, -0.15) is 0 Å². The van der Waals surface area contributed by atoms with E-state index in [0.717, 1.165) is 23.2 Å². The predicted molar refractivity (Wildman–Crippen MR) is 86.5 cm³/mol. The molecule has 0 spiro atoms. The highest BCUT2D eigenvalue weighted by Crippen LogP contribution is 2.26. The lowest BCUT2D eigenvalue weighted by Gasteiger charge is -2.27. The largest absolute Gasteiger partial charge is 0.461 e. The molecule has 2 N–H and O–H groups in total. The van der Waals surface area contributed by atoms with Crippen molar-refractivity contribution in [3.05, 3.63) is 35.6 Å². The van der Waals surface area contributed by atoms with Gasteiger partial charge < -0.3 is 19.7 Å². The molecule has 0 saturated heterocycles. The minimum atomic E-state index is -0.741. The first-order chi connectivity index (χ1) is 9.93. The lowest BCUT2D eigenvalue weighted by atomic mass is 10.1. The number of para-hydroxylation sites is 1. The highest BCUT2D eigenvalue weighted by atomic mass is 16.3. The molecule has 116 valence electrons. The van der Waals surface area contributed by atoms with Gasteiger partial charge in [0.2, 0.25) is 0 Å². The highest BCUT2D eigenvalue weighted by Gasteiger charge is 2.21. The maximum absolute atomic E-state index is 10.3. The molecule has 0 fully saturated rings. The van der Waals surface area contributed by atoms with Crippen molar-refractivity contribution >= 4 is 11.0 Å². The van der Waals surface area contributed by atoms with Crippen LogP contribution in [0.1, 0.15) is 25.2 Å². The molecule has 0 amide bonds. The zero-order chi connectivity index (χ0) is 15.5. The Morgan fingerprint density at radius 2 is 2.00 bits per heavy atom. The van der Waals surface area contributed by atoms with Gasteiger partial charge in [-0.25, -0.2) is 0 Å². The van der Waals surface area contributed by atoms with E-state index in [9.17, 15) is 5.11 Å². The number of aliphatic hydroxyl groups is 1. The third-order valence-corrected chi connectivity index (χ3v) is 3.57. The molecule has 2 aromatic rings. The van der Waals surface area contributed by atoms with E-state index < -0.39 is 5.60 Å². The summed E-state index contributed by atoms with van der Waals surface area (Å²) in [5.74, 6) is 1.02. The van der Waals surface area contributed by atoms with Gasteiger partial charge in [-0.05, 0) is 27.1 Å². The quantitative estimate of drug-likeness (QED) is 0.822. The van der Waals surface area contributed by atoms with Crippen LogP contribution in [0.25, 0.3) is 11.0 Å². The molecular formula is C17H26N2O2. The average Bonchev–Trinajstić information content (AvgIpc) is 2.75. The molecule has 21 heavy (non-hydrogen) atoms. The van der Waals surface area contributed by atoms with Crippen molar-refractivity contribution < 1.29 is 9.52 Å². The van der Waals surface area contributed by atoms with E-state index in [1.54, 1.807) is 0 Å². The molecule has 0 aliphatic heterocycles. The Morgan fingerprint density at radius 3 is 2.67 bits per heavy atom. The van der Waals surface area contributed by atoms with Gasteiger partial charge in [0.05, 0.1) is 5.60 Å². The average molecular weight is 290 g/mol. The summed E-state index contributed by atoms with van der Waals surface area (Å²) < 4.78 is 5.88. The second-order valence-corrected chi connectivity index (χ2v) is 6.19. The Morgan fingerprint density at radius 1 is 1.29 bits per heavy atom. The number of rotatable bonds is 7. The summed E-state index contributed by atoms with van der Waals surface area (Å²) in [6.07, 6.45) is 0.875. The molecule has 0 bridgehead atoms. The van der Waals surface area contributed by atoms with Crippen LogP contribution in [-0.2, 0) is 13.0 Å². The topological polar surface area (TPSA) is 48.6 Å². The minimum absolute atomic E-state index is 0.549. The van der Waals surface area contributed by atoms with E-state index in [1.165, 1.54) is 5.56 Å². The molecule has 1 atom stereocenters. The summed E-state index contributed by atoms with van der Waals surface area (Å²) in [6, 6.07) is 8.11. The van der Waals surface area contributed by atoms with Crippen LogP contribution < -0.4 is 5.32 Å². The van der Waals surface area contributed by atoms with Crippen molar-refractivity contribution in [3.63, 3.8) is 0 Å². The van der Waals surface area contributed by atoms with Crippen LogP contribution in [0.5, 0.6) is 0 Å². The molecule has 0 aliphatic rings. The SMILES string of the molecule is CCc1oc2ccccc2c1CNCC(C)(O)CN(C)C. The van der Waals surface area contributed by atoms with Gasteiger partial charge in [0.15, 0.2) is 0 Å². The first-order valence-electron chi connectivity index (χ1n) is 7.50. The van der Waals surface area contributed by atoms with Crippen molar-refractivity contribution in [1.29, 1.82) is 0 Å². The molecule has 4 heteroatoms. The summed E-state index contributed by atoms with van der Waals surface area (Å²) in [4.78, 5) is 1.99. The molecule has 2 rings (SSSR count). The predicted octanol–water partition coefficient (Wildman–Crippen LogP) is 2.40. The smallest absolute Gasteiger partial charge is 0.134 e. The molecule has 0 aliphatic carbocycles. The van der Waals surface area contributed by atoms with E-state index in [0.29, 0.717) is 19.6 Å². The number of likely N-dealkylation sites (N-methyl/N-ethyl adjacent to an activating group) is 1. The first kappa shape index (κ1) is 16.0. The molecule has 1 unspecified atom stereocenters. The zero-order valence-electron chi connectivity index (χ0n) is 13.4. The summed E-state index contributed by atoms with van der Waals surface area (Å²) in [6.45, 7) is 5.85. The Hall–Kier alpha value is -1.36. The van der Waals surface area contributed by atoms with E-state index in [4.69, 9.17) is 4.42 Å². The number of furan rings is 1. The molecule has 4 nitrogen and oxygen atoms in total. The first-order valence-corrected chi connectivity index (χ1v) is 7.50. The fourth-order valence-corrected chi connectivity index (χ4v) is 2.82. The van der Waals surface area contributed by atoms with Gasteiger partial charge in [0, 0.05) is 37.0 Å². The number of hydrogen-bond acceptors (Lipinski definition) is 4. The molecular weight excluding hydrogens is 264 g/mol. The Bertz CT molecular complexity index is 587. The van der Waals surface area contributed by atoms with Crippen LogP contribution in [0.4, 0.5) is 0 Å². The number of nitrogens with zero attached hydrogens (tertiary/aromatic N) is 1. The number of benzene rings is 1.